The summed E-state index contributed by atoms with van der Waals surface area (Å²) in [6, 6.07) is 2.05. The van der Waals surface area contributed by atoms with Gasteiger partial charge in [-0.15, -0.1) is 0 Å². The highest BCUT2D eigenvalue weighted by Gasteiger charge is 2.35. The minimum absolute atomic E-state index is 0.338. The molecule has 0 saturated heterocycles. The molecule has 0 fully saturated rings. The third-order valence-corrected chi connectivity index (χ3v) is 4.57. The Bertz CT molecular complexity index is 578. The van der Waals surface area contributed by atoms with Crippen molar-refractivity contribution in [3.05, 3.63) is 22.8 Å². The quantitative estimate of drug-likeness (QED) is 0.919. The SMILES string of the molecule is COCC(F)(F)CN1CCOc2cc3c(c(C)c21)CCNCC3. The van der Waals surface area contributed by atoms with Gasteiger partial charge >= 0.3 is 0 Å². The number of rotatable bonds is 4. The molecule has 0 aromatic heterocycles. The van der Waals surface area contributed by atoms with Crippen molar-refractivity contribution in [3.8, 4) is 5.75 Å². The molecular formula is C17H24F2N2O2. The van der Waals surface area contributed by atoms with E-state index in [-0.39, 0.29) is 6.54 Å². The Kier molecular flexibility index (Phi) is 4.73. The van der Waals surface area contributed by atoms with Gasteiger partial charge in [0.25, 0.3) is 5.92 Å². The monoisotopic (exact) mass is 326 g/mol. The Morgan fingerprint density at radius 2 is 2.13 bits per heavy atom. The number of hydrogen-bond donors (Lipinski definition) is 1. The van der Waals surface area contributed by atoms with Crippen LogP contribution in [0.5, 0.6) is 5.75 Å². The number of nitrogens with zero attached hydrogens (tertiary/aromatic N) is 1. The highest BCUT2D eigenvalue weighted by molar-refractivity contribution is 5.69. The van der Waals surface area contributed by atoms with Gasteiger partial charge in [-0.1, -0.05) is 0 Å². The van der Waals surface area contributed by atoms with Crippen LogP contribution in [0.2, 0.25) is 0 Å². The average Bonchev–Trinajstić information content (AvgIpc) is 2.72. The average molecular weight is 326 g/mol. The minimum Gasteiger partial charge on any atom is -0.490 e. The molecule has 4 nitrogen and oxygen atoms in total. The first-order chi connectivity index (χ1) is 11.0. The van der Waals surface area contributed by atoms with E-state index in [0.29, 0.717) is 13.2 Å². The third kappa shape index (κ3) is 3.43. The van der Waals surface area contributed by atoms with Gasteiger partial charge in [0.15, 0.2) is 0 Å². The molecule has 128 valence electrons. The predicted molar refractivity (Wildman–Crippen MR) is 86.0 cm³/mol. The summed E-state index contributed by atoms with van der Waals surface area (Å²) >= 11 is 0. The Morgan fingerprint density at radius 3 is 2.91 bits per heavy atom. The van der Waals surface area contributed by atoms with Gasteiger partial charge in [-0.05, 0) is 55.6 Å². The lowest BCUT2D eigenvalue weighted by atomic mass is 9.94. The zero-order valence-corrected chi connectivity index (χ0v) is 13.8. The number of alkyl halides is 2. The lowest BCUT2D eigenvalue weighted by Gasteiger charge is -2.36. The lowest BCUT2D eigenvalue weighted by Crippen LogP contribution is -2.44. The molecule has 0 spiro atoms. The van der Waals surface area contributed by atoms with E-state index in [2.05, 4.69) is 10.1 Å². The van der Waals surface area contributed by atoms with Crippen LogP contribution in [0.25, 0.3) is 0 Å². The predicted octanol–water partition coefficient (Wildman–Crippen LogP) is 2.16. The van der Waals surface area contributed by atoms with E-state index in [1.165, 1.54) is 18.2 Å². The molecule has 2 aliphatic rings. The van der Waals surface area contributed by atoms with Crippen LogP contribution in [0.15, 0.2) is 6.07 Å². The molecule has 2 aliphatic heterocycles. The maximum absolute atomic E-state index is 14.0. The first-order valence-electron chi connectivity index (χ1n) is 8.12. The van der Waals surface area contributed by atoms with Crippen molar-refractivity contribution in [1.82, 2.24) is 5.32 Å². The molecule has 0 aliphatic carbocycles. The van der Waals surface area contributed by atoms with Crippen molar-refractivity contribution in [3.63, 3.8) is 0 Å². The van der Waals surface area contributed by atoms with Crippen molar-refractivity contribution < 1.29 is 18.3 Å². The van der Waals surface area contributed by atoms with Crippen molar-refractivity contribution >= 4 is 5.69 Å². The van der Waals surface area contributed by atoms with Crippen LogP contribution in [-0.2, 0) is 17.6 Å². The molecule has 0 atom stereocenters. The van der Waals surface area contributed by atoms with Gasteiger partial charge in [-0.3, -0.25) is 0 Å². The molecular weight excluding hydrogens is 302 g/mol. The highest BCUT2D eigenvalue weighted by Crippen LogP contribution is 2.40. The Labute approximate surface area is 135 Å². The number of methoxy groups -OCH3 is 1. The van der Waals surface area contributed by atoms with Crippen molar-refractivity contribution in [2.45, 2.75) is 25.7 Å². The number of hydrogen-bond acceptors (Lipinski definition) is 4. The van der Waals surface area contributed by atoms with Gasteiger partial charge in [-0.2, -0.15) is 0 Å². The van der Waals surface area contributed by atoms with Crippen molar-refractivity contribution in [1.29, 1.82) is 0 Å². The van der Waals surface area contributed by atoms with Gasteiger partial charge < -0.3 is 19.7 Å². The van der Waals surface area contributed by atoms with E-state index >= 15 is 0 Å². The third-order valence-electron chi connectivity index (χ3n) is 4.57. The van der Waals surface area contributed by atoms with Crippen LogP contribution in [0.4, 0.5) is 14.5 Å². The molecule has 3 rings (SSSR count). The van der Waals surface area contributed by atoms with Crippen LogP contribution in [0.1, 0.15) is 16.7 Å². The van der Waals surface area contributed by atoms with E-state index in [1.54, 1.807) is 4.90 Å². The maximum atomic E-state index is 14.0. The normalized spacial score (nSPS) is 18.0. The topological polar surface area (TPSA) is 33.7 Å². The fourth-order valence-corrected chi connectivity index (χ4v) is 3.59. The maximum Gasteiger partial charge on any atom is 0.287 e. The molecule has 1 aromatic carbocycles. The van der Waals surface area contributed by atoms with Gasteiger partial charge in [0.05, 0.1) is 18.8 Å². The second-order valence-corrected chi connectivity index (χ2v) is 6.29. The summed E-state index contributed by atoms with van der Waals surface area (Å²) in [6.07, 6.45) is 1.88. The van der Waals surface area contributed by atoms with E-state index in [4.69, 9.17) is 4.74 Å². The summed E-state index contributed by atoms with van der Waals surface area (Å²) in [5.74, 6) is -2.13. The second-order valence-electron chi connectivity index (χ2n) is 6.29. The summed E-state index contributed by atoms with van der Waals surface area (Å²) in [5, 5.41) is 3.39. The summed E-state index contributed by atoms with van der Waals surface area (Å²) in [7, 11) is 1.30. The van der Waals surface area contributed by atoms with Crippen LogP contribution in [-0.4, -0.2) is 52.4 Å². The Balaban J connectivity index is 1.96. The Morgan fingerprint density at radius 1 is 1.35 bits per heavy atom. The molecule has 23 heavy (non-hydrogen) atoms. The number of fused-ring (bicyclic) bond motifs is 2. The molecule has 0 bridgehead atoms. The largest absolute Gasteiger partial charge is 0.490 e. The Hall–Kier alpha value is -1.40. The molecule has 1 N–H and O–H groups in total. The number of halogens is 2. The number of ether oxygens (including phenoxy) is 2. The van der Waals surface area contributed by atoms with Gasteiger partial charge in [0.2, 0.25) is 0 Å². The standard InChI is InChI=1S/C17H24F2N2O2/c1-12-14-4-6-20-5-3-13(14)9-15-16(12)21(7-8-23-15)10-17(18,19)11-22-2/h9,20H,3-8,10-11H2,1-2H3. The van der Waals surface area contributed by atoms with Gasteiger partial charge in [0, 0.05) is 7.11 Å². The number of nitrogens with one attached hydrogen (secondary N) is 1. The fraction of sp³-hybridized carbons (Fsp3) is 0.647. The van der Waals surface area contributed by atoms with Crippen molar-refractivity contribution in [2.24, 2.45) is 0 Å². The second kappa shape index (κ2) is 6.61. The number of anilines is 1. The van der Waals surface area contributed by atoms with Crippen LogP contribution in [0.3, 0.4) is 0 Å². The molecule has 2 heterocycles. The molecule has 0 radical (unpaired) electrons. The summed E-state index contributed by atoms with van der Waals surface area (Å²) < 4.78 is 38.5. The van der Waals surface area contributed by atoms with Crippen LogP contribution < -0.4 is 15.0 Å². The zero-order valence-electron chi connectivity index (χ0n) is 13.8. The molecule has 0 saturated carbocycles. The van der Waals surface area contributed by atoms with E-state index < -0.39 is 12.5 Å². The number of benzene rings is 1. The zero-order chi connectivity index (χ0) is 16.4. The highest BCUT2D eigenvalue weighted by atomic mass is 19.3. The van der Waals surface area contributed by atoms with Gasteiger partial charge in [-0.25, -0.2) is 8.78 Å². The van der Waals surface area contributed by atoms with Crippen LogP contribution >= 0.6 is 0 Å². The van der Waals surface area contributed by atoms with Crippen molar-refractivity contribution in [2.75, 3.05) is 51.4 Å². The van der Waals surface area contributed by atoms with E-state index in [9.17, 15) is 8.78 Å². The van der Waals surface area contributed by atoms with Gasteiger partial charge in [0.1, 0.15) is 19.0 Å². The van der Waals surface area contributed by atoms with Crippen LogP contribution in [0, 0.1) is 6.92 Å². The lowest BCUT2D eigenvalue weighted by molar-refractivity contribution is -0.0574. The molecule has 1 aromatic rings. The summed E-state index contributed by atoms with van der Waals surface area (Å²) in [4.78, 5) is 1.76. The fourth-order valence-electron chi connectivity index (χ4n) is 3.59. The molecule has 0 unspecified atom stereocenters. The first kappa shape index (κ1) is 16.5. The summed E-state index contributed by atoms with van der Waals surface area (Å²) in [6.45, 7) is 3.91. The van der Waals surface area contributed by atoms with E-state index in [1.807, 2.05) is 13.0 Å². The minimum atomic E-state index is -2.87. The summed E-state index contributed by atoms with van der Waals surface area (Å²) in [5.41, 5.74) is 4.46. The molecule has 0 amide bonds. The van der Waals surface area contributed by atoms with E-state index in [0.717, 1.165) is 42.9 Å². The first-order valence-corrected chi connectivity index (χ1v) is 8.12. The molecule has 6 heteroatoms. The smallest absolute Gasteiger partial charge is 0.287 e.